The third kappa shape index (κ3) is 3.46. The van der Waals surface area contributed by atoms with Crippen molar-refractivity contribution in [1.29, 1.82) is 0 Å². The molecule has 13 heavy (non-hydrogen) atoms. The minimum absolute atomic E-state index is 0.360. The van der Waals surface area contributed by atoms with E-state index >= 15 is 0 Å². The third-order valence-electron chi connectivity index (χ3n) is 1.28. The highest BCUT2D eigenvalue weighted by molar-refractivity contribution is 5.86. The highest BCUT2D eigenvalue weighted by Gasteiger charge is 1.93. The van der Waals surface area contributed by atoms with E-state index in [1.165, 1.54) is 12.4 Å². The molecule has 0 bridgehead atoms. The molecule has 0 unspecified atom stereocenters. The standard InChI is InChI=1S/C9H10N2O2/c1-2-13-9(12)4-3-8-5-6-10-7-11-8/h3-7H,2H2,1H3/b4-3+. The molecule has 0 amide bonds. The van der Waals surface area contributed by atoms with Crippen LogP contribution in [-0.4, -0.2) is 22.5 Å². The summed E-state index contributed by atoms with van der Waals surface area (Å²) in [6.07, 6.45) is 5.95. The van der Waals surface area contributed by atoms with Crippen LogP contribution in [0.25, 0.3) is 6.08 Å². The van der Waals surface area contributed by atoms with Gasteiger partial charge in [0.15, 0.2) is 0 Å². The molecule has 0 spiro atoms. The topological polar surface area (TPSA) is 52.1 Å². The Morgan fingerprint density at radius 1 is 1.69 bits per heavy atom. The Hall–Kier alpha value is -1.71. The number of aromatic nitrogens is 2. The molecule has 0 fully saturated rings. The number of nitrogens with zero attached hydrogens (tertiary/aromatic N) is 2. The normalized spacial score (nSPS) is 10.2. The Morgan fingerprint density at radius 2 is 2.54 bits per heavy atom. The van der Waals surface area contributed by atoms with Gasteiger partial charge in [0.25, 0.3) is 0 Å². The minimum atomic E-state index is -0.360. The highest BCUT2D eigenvalue weighted by atomic mass is 16.5. The van der Waals surface area contributed by atoms with E-state index in [4.69, 9.17) is 4.74 Å². The molecule has 4 heteroatoms. The summed E-state index contributed by atoms with van der Waals surface area (Å²) in [4.78, 5) is 18.5. The molecule has 0 atom stereocenters. The van der Waals surface area contributed by atoms with Crippen molar-refractivity contribution in [1.82, 2.24) is 9.97 Å². The second-order valence-corrected chi connectivity index (χ2v) is 2.22. The van der Waals surface area contributed by atoms with Gasteiger partial charge in [0, 0.05) is 12.3 Å². The van der Waals surface area contributed by atoms with Crippen molar-refractivity contribution in [3.8, 4) is 0 Å². The van der Waals surface area contributed by atoms with Gasteiger partial charge in [0.2, 0.25) is 0 Å². The fraction of sp³-hybridized carbons (Fsp3) is 0.222. The maximum absolute atomic E-state index is 10.9. The van der Waals surface area contributed by atoms with Crippen LogP contribution in [0.1, 0.15) is 12.6 Å². The van der Waals surface area contributed by atoms with E-state index in [2.05, 4.69) is 9.97 Å². The molecule has 0 N–H and O–H groups in total. The van der Waals surface area contributed by atoms with Crippen molar-refractivity contribution in [3.63, 3.8) is 0 Å². The predicted molar refractivity (Wildman–Crippen MR) is 47.7 cm³/mol. The summed E-state index contributed by atoms with van der Waals surface area (Å²) < 4.78 is 4.69. The fourth-order valence-corrected chi connectivity index (χ4v) is 0.743. The Kier molecular flexibility index (Phi) is 3.63. The lowest BCUT2D eigenvalue weighted by Gasteiger charge is -1.93. The molecule has 1 aromatic heterocycles. The summed E-state index contributed by atoms with van der Waals surface area (Å²) in [5.74, 6) is -0.360. The average Bonchev–Trinajstić information content (AvgIpc) is 2.17. The summed E-state index contributed by atoms with van der Waals surface area (Å²) in [7, 11) is 0. The lowest BCUT2D eigenvalue weighted by atomic mass is 10.3. The van der Waals surface area contributed by atoms with Crippen LogP contribution in [0.2, 0.25) is 0 Å². The first-order chi connectivity index (χ1) is 6.33. The minimum Gasteiger partial charge on any atom is -0.463 e. The molecule has 1 rings (SSSR count). The van der Waals surface area contributed by atoms with Crippen molar-refractivity contribution in [2.45, 2.75) is 6.92 Å². The van der Waals surface area contributed by atoms with Gasteiger partial charge < -0.3 is 4.74 Å². The first-order valence-corrected chi connectivity index (χ1v) is 3.93. The zero-order valence-electron chi connectivity index (χ0n) is 7.30. The van der Waals surface area contributed by atoms with Crippen LogP contribution >= 0.6 is 0 Å². The van der Waals surface area contributed by atoms with Gasteiger partial charge in [-0.3, -0.25) is 0 Å². The summed E-state index contributed by atoms with van der Waals surface area (Å²) in [6, 6.07) is 1.70. The molecule has 0 aliphatic carbocycles. The van der Waals surface area contributed by atoms with E-state index in [-0.39, 0.29) is 5.97 Å². The zero-order chi connectivity index (χ0) is 9.52. The van der Waals surface area contributed by atoms with Crippen LogP contribution in [0.4, 0.5) is 0 Å². The van der Waals surface area contributed by atoms with Crippen molar-refractivity contribution < 1.29 is 9.53 Å². The van der Waals surface area contributed by atoms with E-state index in [9.17, 15) is 4.79 Å². The third-order valence-corrected chi connectivity index (χ3v) is 1.28. The maximum Gasteiger partial charge on any atom is 0.330 e. The van der Waals surface area contributed by atoms with Crippen LogP contribution in [0.15, 0.2) is 24.7 Å². The Balaban J connectivity index is 2.54. The molecule has 68 valence electrons. The number of rotatable bonds is 3. The summed E-state index contributed by atoms with van der Waals surface area (Å²) in [5.41, 5.74) is 0.683. The fourth-order valence-electron chi connectivity index (χ4n) is 0.743. The summed E-state index contributed by atoms with van der Waals surface area (Å²) >= 11 is 0. The molecule has 4 nitrogen and oxygen atoms in total. The lowest BCUT2D eigenvalue weighted by Crippen LogP contribution is -1.98. The number of esters is 1. The largest absolute Gasteiger partial charge is 0.463 e. The van der Waals surface area contributed by atoms with Gasteiger partial charge in [0.1, 0.15) is 6.33 Å². The number of hydrogen-bond donors (Lipinski definition) is 0. The van der Waals surface area contributed by atoms with E-state index in [1.807, 2.05) is 0 Å². The number of ether oxygens (including phenoxy) is 1. The van der Waals surface area contributed by atoms with Crippen LogP contribution in [0, 0.1) is 0 Å². The molecule has 0 radical (unpaired) electrons. The lowest BCUT2D eigenvalue weighted by molar-refractivity contribution is -0.137. The molecule has 0 aliphatic rings. The monoisotopic (exact) mass is 178 g/mol. The quantitative estimate of drug-likeness (QED) is 0.513. The van der Waals surface area contributed by atoms with E-state index in [1.54, 1.807) is 25.3 Å². The Morgan fingerprint density at radius 3 is 3.15 bits per heavy atom. The van der Waals surface area contributed by atoms with Gasteiger partial charge in [-0.05, 0) is 19.1 Å². The van der Waals surface area contributed by atoms with Gasteiger partial charge in [0.05, 0.1) is 12.3 Å². The van der Waals surface area contributed by atoms with Crippen molar-refractivity contribution in [2.75, 3.05) is 6.61 Å². The molecule has 1 aromatic rings. The smallest absolute Gasteiger partial charge is 0.330 e. The molecule has 0 aromatic carbocycles. The van der Waals surface area contributed by atoms with Gasteiger partial charge in [-0.2, -0.15) is 0 Å². The van der Waals surface area contributed by atoms with Gasteiger partial charge >= 0.3 is 5.97 Å². The van der Waals surface area contributed by atoms with Crippen molar-refractivity contribution >= 4 is 12.0 Å². The van der Waals surface area contributed by atoms with Crippen LogP contribution in [0.3, 0.4) is 0 Å². The molecular weight excluding hydrogens is 168 g/mol. The molecule has 1 heterocycles. The average molecular weight is 178 g/mol. The van der Waals surface area contributed by atoms with E-state index in [0.717, 1.165) is 0 Å². The van der Waals surface area contributed by atoms with Crippen LogP contribution in [0.5, 0.6) is 0 Å². The van der Waals surface area contributed by atoms with Gasteiger partial charge in [-0.15, -0.1) is 0 Å². The second-order valence-electron chi connectivity index (χ2n) is 2.22. The molecular formula is C9H10N2O2. The van der Waals surface area contributed by atoms with Crippen molar-refractivity contribution in [2.24, 2.45) is 0 Å². The van der Waals surface area contributed by atoms with E-state index < -0.39 is 0 Å². The first kappa shape index (κ1) is 9.38. The van der Waals surface area contributed by atoms with Gasteiger partial charge in [-0.1, -0.05) is 0 Å². The van der Waals surface area contributed by atoms with Crippen LogP contribution < -0.4 is 0 Å². The summed E-state index contributed by atoms with van der Waals surface area (Å²) in [6.45, 7) is 2.14. The van der Waals surface area contributed by atoms with E-state index in [0.29, 0.717) is 12.3 Å². The second kappa shape index (κ2) is 5.03. The van der Waals surface area contributed by atoms with Gasteiger partial charge in [-0.25, -0.2) is 14.8 Å². The van der Waals surface area contributed by atoms with Crippen LogP contribution in [-0.2, 0) is 9.53 Å². The number of hydrogen-bond acceptors (Lipinski definition) is 4. The molecule has 0 saturated heterocycles. The molecule has 0 saturated carbocycles. The number of carbonyl (C=O) groups is 1. The van der Waals surface area contributed by atoms with Crippen molar-refractivity contribution in [3.05, 3.63) is 30.4 Å². The predicted octanol–water partition coefficient (Wildman–Crippen LogP) is 1.05. The SMILES string of the molecule is CCOC(=O)/C=C/c1ccncn1. The first-order valence-electron chi connectivity index (χ1n) is 3.93. The summed E-state index contributed by atoms with van der Waals surface area (Å²) in [5, 5.41) is 0. The zero-order valence-corrected chi connectivity index (χ0v) is 7.30. The Labute approximate surface area is 76.3 Å². The number of carbonyl (C=O) groups excluding carboxylic acids is 1. The Bertz CT molecular complexity index is 296. The maximum atomic E-state index is 10.9. The molecule has 0 aliphatic heterocycles. The highest BCUT2D eigenvalue weighted by Crippen LogP contribution is 1.94.